The highest BCUT2D eigenvalue weighted by Crippen LogP contribution is 2.22. The zero-order valence-electron chi connectivity index (χ0n) is 16.2. The Morgan fingerprint density at radius 2 is 1.48 bits per heavy atom. The van der Waals surface area contributed by atoms with Gasteiger partial charge in [-0.2, -0.15) is 0 Å². The summed E-state index contributed by atoms with van der Waals surface area (Å²) in [5.74, 6) is -1.94. The molecule has 0 aliphatic heterocycles. The van der Waals surface area contributed by atoms with Gasteiger partial charge in [-0.25, -0.2) is 18.0 Å². The first-order chi connectivity index (χ1) is 13.6. The Hall–Kier alpha value is -3.40. The molecule has 0 aliphatic carbocycles. The average molecular weight is 420 g/mol. The molecule has 0 unspecified atom stereocenters. The Bertz CT molecular complexity index is 1040. The van der Waals surface area contributed by atoms with Gasteiger partial charge in [0.15, 0.2) is 0 Å². The van der Waals surface area contributed by atoms with Crippen molar-refractivity contribution >= 4 is 39.2 Å². The summed E-state index contributed by atoms with van der Waals surface area (Å²) in [7, 11) is -1.14. The van der Waals surface area contributed by atoms with E-state index in [4.69, 9.17) is 0 Å². The summed E-state index contributed by atoms with van der Waals surface area (Å²) >= 11 is 0. The molecule has 154 valence electrons. The van der Waals surface area contributed by atoms with Gasteiger partial charge >= 0.3 is 11.9 Å². The number of hydrogen-bond donors (Lipinski definition) is 2. The smallest absolute Gasteiger partial charge is 0.337 e. The van der Waals surface area contributed by atoms with E-state index >= 15 is 0 Å². The van der Waals surface area contributed by atoms with Gasteiger partial charge in [-0.3, -0.25) is 9.52 Å². The Kier molecular flexibility index (Phi) is 6.60. The first-order valence-electron chi connectivity index (χ1n) is 8.26. The molecular weight excluding hydrogens is 400 g/mol. The van der Waals surface area contributed by atoms with Crippen LogP contribution in [-0.4, -0.2) is 46.7 Å². The Labute approximate surface area is 168 Å². The molecule has 2 aromatic carbocycles. The fraction of sp³-hybridized carbons (Fsp3) is 0.211. The lowest BCUT2D eigenvalue weighted by molar-refractivity contribution is 0.0598. The molecule has 0 spiro atoms. The zero-order chi connectivity index (χ0) is 21.8. The average Bonchev–Trinajstić information content (AvgIpc) is 2.66. The van der Waals surface area contributed by atoms with Crippen molar-refractivity contribution < 1.29 is 32.3 Å². The molecule has 0 fully saturated rings. The van der Waals surface area contributed by atoms with E-state index < -0.39 is 27.9 Å². The van der Waals surface area contributed by atoms with Crippen LogP contribution in [-0.2, 0) is 19.5 Å². The number of anilines is 2. The number of carbonyl (C=O) groups excluding carboxylic acids is 3. The number of benzene rings is 2. The van der Waals surface area contributed by atoms with Gasteiger partial charge in [0.2, 0.25) is 10.0 Å². The second-order valence-corrected chi connectivity index (χ2v) is 7.84. The van der Waals surface area contributed by atoms with E-state index in [1.807, 2.05) is 0 Å². The molecule has 0 aliphatic rings. The zero-order valence-corrected chi connectivity index (χ0v) is 17.0. The maximum Gasteiger partial charge on any atom is 0.337 e. The van der Waals surface area contributed by atoms with Crippen molar-refractivity contribution in [3.8, 4) is 0 Å². The second kappa shape index (κ2) is 8.74. The highest BCUT2D eigenvalue weighted by atomic mass is 32.2. The van der Waals surface area contributed by atoms with E-state index in [2.05, 4.69) is 19.5 Å². The lowest BCUT2D eigenvalue weighted by atomic mass is 10.1. The molecule has 10 heteroatoms. The first kappa shape index (κ1) is 21.9. The molecule has 0 atom stereocenters. The van der Waals surface area contributed by atoms with Crippen LogP contribution in [0, 0.1) is 6.92 Å². The number of carbonyl (C=O) groups is 3. The van der Waals surface area contributed by atoms with Crippen LogP contribution in [0.2, 0.25) is 0 Å². The minimum Gasteiger partial charge on any atom is -0.465 e. The van der Waals surface area contributed by atoms with Crippen molar-refractivity contribution in [2.45, 2.75) is 6.92 Å². The number of esters is 2. The van der Waals surface area contributed by atoms with Crippen LogP contribution in [0.1, 0.15) is 36.6 Å². The minimum atomic E-state index is -3.52. The molecule has 0 saturated heterocycles. The van der Waals surface area contributed by atoms with E-state index in [-0.39, 0.29) is 28.1 Å². The van der Waals surface area contributed by atoms with Crippen molar-refractivity contribution in [2.75, 3.05) is 30.5 Å². The third-order valence-electron chi connectivity index (χ3n) is 3.91. The van der Waals surface area contributed by atoms with Crippen molar-refractivity contribution in [1.82, 2.24) is 0 Å². The minimum absolute atomic E-state index is 0.0508. The molecule has 0 aromatic heterocycles. The highest BCUT2D eigenvalue weighted by Gasteiger charge is 2.17. The number of ether oxygens (including phenoxy) is 2. The summed E-state index contributed by atoms with van der Waals surface area (Å²) < 4.78 is 34.6. The maximum absolute atomic E-state index is 12.7. The number of sulfonamides is 1. The van der Waals surface area contributed by atoms with Gasteiger partial charge < -0.3 is 14.8 Å². The quantitative estimate of drug-likeness (QED) is 0.686. The van der Waals surface area contributed by atoms with Crippen LogP contribution in [0.15, 0.2) is 36.4 Å². The SMILES string of the molecule is COC(=O)c1cc(NC(=O)c2cccc(NS(C)(=O)=O)c2C)cc(C(=O)OC)c1. The monoisotopic (exact) mass is 420 g/mol. The van der Waals surface area contributed by atoms with E-state index in [9.17, 15) is 22.8 Å². The first-order valence-corrected chi connectivity index (χ1v) is 10.2. The molecule has 29 heavy (non-hydrogen) atoms. The molecule has 2 rings (SSSR count). The molecule has 2 N–H and O–H groups in total. The molecular formula is C19H20N2O7S. The van der Waals surface area contributed by atoms with E-state index in [1.165, 1.54) is 50.6 Å². The van der Waals surface area contributed by atoms with Crippen LogP contribution < -0.4 is 10.0 Å². The summed E-state index contributed by atoms with van der Waals surface area (Å²) in [6, 6.07) is 8.56. The molecule has 0 bridgehead atoms. The molecule has 2 aromatic rings. The Balaban J connectivity index is 2.41. The van der Waals surface area contributed by atoms with Gasteiger partial charge in [0, 0.05) is 11.3 Å². The number of amides is 1. The van der Waals surface area contributed by atoms with Crippen LogP contribution >= 0.6 is 0 Å². The summed E-state index contributed by atoms with van der Waals surface area (Å²) in [6.45, 7) is 1.59. The number of hydrogen-bond acceptors (Lipinski definition) is 7. The fourth-order valence-electron chi connectivity index (χ4n) is 2.56. The maximum atomic E-state index is 12.7. The Morgan fingerprint density at radius 1 is 0.931 bits per heavy atom. The third kappa shape index (κ3) is 5.55. The lowest BCUT2D eigenvalue weighted by Crippen LogP contribution is -2.17. The molecule has 0 heterocycles. The third-order valence-corrected chi connectivity index (χ3v) is 4.50. The van der Waals surface area contributed by atoms with E-state index in [0.29, 0.717) is 5.56 Å². The van der Waals surface area contributed by atoms with Gasteiger partial charge in [-0.15, -0.1) is 0 Å². The summed E-state index contributed by atoms with van der Waals surface area (Å²) in [5, 5.41) is 2.60. The number of methoxy groups -OCH3 is 2. The van der Waals surface area contributed by atoms with Crippen LogP contribution in [0.4, 0.5) is 11.4 Å². The Morgan fingerprint density at radius 3 is 1.97 bits per heavy atom. The van der Waals surface area contributed by atoms with Crippen LogP contribution in [0.3, 0.4) is 0 Å². The molecule has 0 radical (unpaired) electrons. The standard InChI is InChI=1S/C19H20N2O7S/c1-11-15(6-5-7-16(11)21-29(4,25)26)17(22)20-14-9-12(18(23)27-2)8-13(10-14)19(24)28-3/h5-10,21H,1-4H3,(H,20,22). The van der Waals surface area contributed by atoms with Crippen LogP contribution in [0.5, 0.6) is 0 Å². The van der Waals surface area contributed by atoms with E-state index in [1.54, 1.807) is 6.92 Å². The van der Waals surface area contributed by atoms with Crippen molar-refractivity contribution in [1.29, 1.82) is 0 Å². The fourth-order valence-corrected chi connectivity index (χ4v) is 3.18. The van der Waals surface area contributed by atoms with Crippen molar-refractivity contribution in [3.63, 3.8) is 0 Å². The van der Waals surface area contributed by atoms with Gasteiger partial charge in [-0.1, -0.05) is 6.07 Å². The normalized spacial score (nSPS) is 10.8. The molecule has 9 nitrogen and oxygen atoms in total. The van der Waals surface area contributed by atoms with Crippen LogP contribution in [0.25, 0.3) is 0 Å². The second-order valence-electron chi connectivity index (χ2n) is 6.09. The van der Waals surface area contributed by atoms with Crippen molar-refractivity contribution in [3.05, 3.63) is 58.7 Å². The molecule has 0 saturated carbocycles. The summed E-state index contributed by atoms with van der Waals surface area (Å²) in [4.78, 5) is 36.5. The largest absolute Gasteiger partial charge is 0.465 e. The van der Waals surface area contributed by atoms with Gasteiger partial charge in [0.1, 0.15) is 0 Å². The predicted molar refractivity (Wildman–Crippen MR) is 107 cm³/mol. The summed E-state index contributed by atoms with van der Waals surface area (Å²) in [6.07, 6.45) is 1.01. The van der Waals surface area contributed by atoms with E-state index in [0.717, 1.165) is 6.26 Å². The van der Waals surface area contributed by atoms with Gasteiger partial charge in [0.25, 0.3) is 5.91 Å². The van der Waals surface area contributed by atoms with Gasteiger partial charge in [-0.05, 0) is 42.8 Å². The summed E-state index contributed by atoms with van der Waals surface area (Å²) in [5.41, 5.74) is 1.15. The molecule has 1 amide bonds. The lowest BCUT2D eigenvalue weighted by Gasteiger charge is -2.13. The van der Waals surface area contributed by atoms with Gasteiger partial charge in [0.05, 0.1) is 37.3 Å². The topological polar surface area (TPSA) is 128 Å². The van der Waals surface area contributed by atoms with Crippen molar-refractivity contribution in [2.24, 2.45) is 0 Å². The predicted octanol–water partition coefficient (Wildman–Crippen LogP) is 2.19. The highest BCUT2D eigenvalue weighted by molar-refractivity contribution is 7.92. The number of nitrogens with one attached hydrogen (secondary N) is 2. The number of rotatable bonds is 6.